The maximum absolute atomic E-state index is 10.3. The van der Waals surface area contributed by atoms with E-state index in [0.29, 0.717) is 6.42 Å². The molecule has 1 rings (SSSR count). The SMILES string of the molecule is NC(CCCCC(=O)O)c1ccccn1. The van der Waals surface area contributed by atoms with Crippen molar-refractivity contribution in [1.82, 2.24) is 4.98 Å². The van der Waals surface area contributed by atoms with Crippen LogP contribution < -0.4 is 5.73 Å². The topological polar surface area (TPSA) is 76.2 Å². The minimum Gasteiger partial charge on any atom is -0.481 e. The van der Waals surface area contributed by atoms with Crippen molar-refractivity contribution in [1.29, 1.82) is 0 Å². The van der Waals surface area contributed by atoms with Gasteiger partial charge in [0.1, 0.15) is 0 Å². The van der Waals surface area contributed by atoms with Crippen molar-refractivity contribution in [3.8, 4) is 0 Å². The molecule has 0 saturated carbocycles. The van der Waals surface area contributed by atoms with Crippen LogP contribution in [0.2, 0.25) is 0 Å². The predicted octanol–water partition coefficient (Wildman–Crippen LogP) is 1.73. The van der Waals surface area contributed by atoms with Crippen LogP contribution in [0.1, 0.15) is 37.4 Å². The summed E-state index contributed by atoms with van der Waals surface area (Å²) in [5.41, 5.74) is 6.77. The van der Waals surface area contributed by atoms with E-state index in [9.17, 15) is 4.79 Å². The Labute approximate surface area is 89.1 Å². The number of carbonyl (C=O) groups is 1. The second kappa shape index (κ2) is 6.14. The summed E-state index contributed by atoms with van der Waals surface area (Å²) in [6.45, 7) is 0. The number of aromatic nitrogens is 1. The molecule has 0 aliphatic carbocycles. The van der Waals surface area contributed by atoms with Gasteiger partial charge in [0.25, 0.3) is 0 Å². The van der Waals surface area contributed by atoms with E-state index in [4.69, 9.17) is 10.8 Å². The van der Waals surface area contributed by atoms with E-state index in [0.717, 1.165) is 18.5 Å². The molecular formula is C11H16N2O2. The summed E-state index contributed by atoms with van der Waals surface area (Å²) in [7, 11) is 0. The first-order valence-corrected chi connectivity index (χ1v) is 5.08. The highest BCUT2D eigenvalue weighted by Crippen LogP contribution is 2.14. The molecule has 3 N–H and O–H groups in total. The smallest absolute Gasteiger partial charge is 0.303 e. The number of carboxylic acids is 1. The lowest BCUT2D eigenvalue weighted by atomic mass is 10.1. The lowest BCUT2D eigenvalue weighted by Crippen LogP contribution is -2.11. The van der Waals surface area contributed by atoms with Gasteiger partial charge in [0.15, 0.2) is 0 Å². The number of carboxylic acid groups (broad SMARTS) is 1. The Balaban J connectivity index is 2.25. The number of aliphatic carboxylic acids is 1. The highest BCUT2D eigenvalue weighted by atomic mass is 16.4. The molecule has 0 aliphatic rings. The summed E-state index contributed by atoms with van der Waals surface area (Å²) in [4.78, 5) is 14.4. The summed E-state index contributed by atoms with van der Waals surface area (Å²) in [5.74, 6) is -0.749. The fraction of sp³-hybridized carbons (Fsp3) is 0.455. The number of rotatable bonds is 6. The van der Waals surface area contributed by atoms with E-state index < -0.39 is 5.97 Å². The van der Waals surface area contributed by atoms with Crippen LogP contribution in [0.5, 0.6) is 0 Å². The maximum atomic E-state index is 10.3. The molecule has 1 aromatic rings. The normalized spacial score (nSPS) is 12.3. The van der Waals surface area contributed by atoms with Crippen molar-refractivity contribution in [2.45, 2.75) is 31.7 Å². The van der Waals surface area contributed by atoms with Gasteiger partial charge in [0.2, 0.25) is 0 Å². The van der Waals surface area contributed by atoms with Gasteiger partial charge in [0, 0.05) is 18.7 Å². The molecule has 82 valence electrons. The molecule has 1 heterocycles. The Morgan fingerprint density at radius 1 is 1.47 bits per heavy atom. The van der Waals surface area contributed by atoms with Gasteiger partial charge in [-0.05, 0) is 25.0 Å². The fourth-order valence-corrected chi connectivity index (χ4v) is 1.38. The minimum atomic E-state index is -0.749. The molecule has 0 amide bonds. The van der Waals surface area contributed by atoms with E-state index in [2.05, 4.69) is 4.98 Å². The van der Waals surface area contributed by atoms with Gasteiger partial charge in [-0.3, -0.25) is 9.78 Å². The largest absolute Gasteiger partial charge is 0.481 e. The molecule has 1 atom stereocenters. The number of nitrogens with two attached hydrogens (primary N) is 1. The van der Waals surface area contributed by atoms with Gasteiger partial charge in [-0.25, -0.2) is 0 Å². The van der Waals surface area contributed by atoms with Crippen LogP contribution in [0, 0.1) is 0 Å². The third-order valence-corrected chi connectivity index (χ3v) is 2.22. The number of hydrogen-bond acceptors (Lipinski definition) is 3. The Morgan fingerprint density at radius 2 is 2.27 bits per heavy atom. The van der Waals surface area contributed by atoms with Crippen LogP contribution in [0.3, 0.4) is 0 Å². The number of hydrogen-bond donors (Lipinski definition) is 2. The Hall–Kier alpha value is -1.42. The van der Waals surface area contributed by atoms with Gasteiger partial charge < -0.3 is 10.8 Å². The van der Waals surface area contributed by atoms with Crippen LogP contribution in [0.15, 0.2) is 24.4 Å². The summed E-state index contributed by atoms with van der Waals surface area (Å²) >= 11 is 0. The highest BCUT2D eigenvalue weighted by molar-refractivity contribution is 5.66. The van der Waals surface area contributed by atoms with Gasteiger partial charge in [-0.2, -0.15) is 0 Å². The lowest BCUT2D eigenvalue weighted by molar-refractivity contribution is -0.137. The van der Waals surface area contributed by atoms with Crippen molar-refractivity contribution >= 4 is 5.97 Å². The molecule has 0 aliphatic heterocycles. The Morgan fingerprint density at radius 3 is 2.87 bits per heavy atom. The molecular weight excluding hydrogens is 192 g/mol. The molecule has 0 saturated heterocycles. The van der Waals surface area contributed by atoms with E-state index >= 15 is 0 Å². The first kappa shape index (κ1) is 11.7. The van der Waals surface area contributed by atoms with Gasteiger partial charge in [-0.15, -0.1) is 0 Å². The van der Waals surface area contributed by atoms with Crippen LogP contribution in [0.4, 0.5) is 0 Å². The third kappa shape index (κ3) is 4.56. The van der Waals surface area contributed by atoms with Crippen LogP contribution in [-0.2, 0) is 4.79 Å². The van der Waals surface area contributed by atoms with Crippen LogP contribution in [0.25, 0.3) is 0 Å². The summed E-state index contributed by atoms with van der Waals surface area (Å²) in [5, 5.41) is 8.45. The fourth-order valence-electron chi connectivity index (χ4n) is 1.38. The zero-order chi connectivity index (χ0) is 11.1. The molecule has 15 heavy (non-hydrogen) atoms. The first-order valence-electron chi connectivity index (χ1n) is 5.08. The second-order valence-electron chi connectivity index (χ2n) is 3.50. The maximum Gasteiger partial charge on any atom is 0.303 e. The van der Waals surface area contributed by atoms with E-state index in [1.807, 2.05) is 18.2 Å². The van der Waals surface area contributed by atoms with Crippen LogP contribution >= 0.6 is 0 Å². The summed E-state index contributed by atoms with van der Waals surface area (Å²) in [6.07, 6.45) is 4.21. The quantitative estimate of drug-likeness (QED) is 0.698. The standard InChI is InChI=1S/C11H16N2O2/c12-9(5-1-2-7-11(14)15)10-6-3-4-8-13-10/h3-4,6,8-9H,1-2,5,7,12H2,(H,14,15). The Kier molecular flexibility index (Phi) is 4.77. The lowest BCUT2D eigenvalue weighted by Gasteiger charge is -2.09. The van der Waals surface area contributed by atoms with Gasteiger partial charge in [-0.1, -0.05) is 12.5 Å². The van der Waals surface area contributed by atoms with Crippen LogP contribution in [-0.4, -0.2) is 16.1 Å². The monoisotopic (exact) mass is 208 g/mol. The number of unbranched alkanes of at least 4 members (excludes halogenated alkanes) is 1. The first-order chi connectivity index (χ1) is 7.20. The Bertz CT molecular complexity index is 301. The van der Waals surface area contributed by atoms with E-state index in [1.54, 1.807) is 6.20 Å². The minimum absolute atomic E-state index is 0.0833. The van der Waals surface area contributed by atoms with E-state index in [-0.39, 0.29) is 12.5 Å². The van der Waals surface area contributed by atoms with Gasteiger partial charge in [0.05, 0.1) is 5.69 Å². The van der Waals surface area contributed by atoms with Crippen molar-refractivity contribution in [2.24, 2.45) is 5.73 Å². The third-order valence-electron chi connectivity index (χ3n) is 2.22. The molecule has 0 aromatic carbocycles. The summed E-state index contributed by atoms with van der Waals surface area (Å²) < 4.78 is 0. The predicted molar refractivity (Wildman–Crippen MR) is 57.3 cm³/mol. The van der Waals surface area contributed by atoms with Crippen molar-refractivity contribution in [3.63, 3.8) is 0 Å². The number of pyridine rings is 1. The second-order valence-corrected chi connectivity index (χ2v) is 3.50. The molecule has 0 radical (unpaired) electrons. The molecule has 4 heteroatoms. The average molecular weight is 208 g/mol. The molecule has 1 aromatic heterocycles. The number of nitrogens with zero attached hydrogens (tertiary/aromatic N) is 1. The molecule has 1 unspecified atom stereocenters. The molecule has 0 bridgehead atoms. The van der Waals surface area contributed by atoms with Crippen molar-refractivity contribution in [3.05, 3.63) is 30.1 Å². The summed E-state index contributed by atoms with van der Waals surface area (Å²) in [6, 6.07) is 5.56. The molecule has 4 nitrogen and oxygen atoms in total. The zero-order valence-corrected chi connectivity index (χ0v) is 8.60. The molecule has 0 fully saturated rings. The van der Waals surface area contributed by atoms with Crippen molar-refractivity contribution in [2.75, 3.05) is 0 Å². The molecule has 0 spiro atoms. The van der Waals surface area contributed by atoms with Gasteiger partial charge >= 0.3 is 5.97 Å². The average Bonchev–Trinajstić information content (AvgIpc) is 2.25. The highest BCUT2D eigenvalue weighted by Gasteiger charge is 2.06. The van der Waals surface area contributed by atoms with Crippen molar-refractivity contribution < 1.29 is 9.90 Å². The van der Waals surface area contributed by atoms with E-state index in [1.165, 1.54) is 0 Å². The zero-order valence-electron chi connectivity index (χ0n) is 8.60.